The quantitative estimate of drug-likeness (QED) is 0.662. The maximum atomic E-state index is 9.10. The van der Waals surface area contributed by atoms with Gasteiger partial charge in [-0.25, -0.2) is 0 Å². The standard InChI is InChI=1S/C17H12BrClO2/c18-17-13-4-2-1-3-12(13)6-8-16(17)21-15-7-5-11(10-20)9-14(15)19/h1-9,20H,10H2. The van der Waals surface area contributed by atoms with Gasteiger partial charge in [-0.15, -0.1) is 0 Å². The number of ether oxygens (including phenoxy) is 1. The van der Waals surface area contributed by atoms with E-state index in [1.165, 1.54) is 0 Å². The molecule has 0 aromatic heterocycles. The van der Waals surface area contributed by atoms with Crippen LogP contribution in [0.3, 0.4) is 0 Å². The topological polar surface area (TPSA) is 29.5 Å². The van der Waals surface area contributed by atoms with Gasteiger partial charge in [0.2, 0.25) is 0 Å². The van der Waals surface area contributed by atoms with Gasteiger partial charge < -0.3 is 9.84 Å². The van der Waals surface area contributed by atoms with Crippen LogP contribution in [0.4, 0.5) is 0 Å². The third kappa shape index (κ3) is 2.91. The Balaban J connectivity index is 2.00. The van der Waals surface area contributed by atoms with Crippen molar-refractivity contribution in [2.45, 2.75) is 6.61 Å². The van der Waals surface area contributed by atoms with Crippen molar-refractivity contribution in [3.63, 3.8) is 0 Å². The van der Waals surface area contributed by atoms with Gasteiger partial charge in [0, 0.05) is 0 Å². The maximum Gasteiger partial charge on any atom is 0.146 e. The summed E-state index contributed by atoms with van der Waals surface area (Å²) in [6.07, 6.45) is 0. The smallest absolute Gasteiger partial charge is 0.146 e. The fourth-order valence-corrected chi connectivity index (χ4v) is 2.95. The second kappa shape index (κ2) is 6.06. The first kappa shape index (κ1) is 14.4. The molecular weight excluding hydrogens is 352 g/mol. The Labute approximate surface area is 136 Å². The minimum atomic E-state index is -0.0420. The highest BCUT2D eigenvalue weighted by Gasteiger charge is 2.09. The minimum Gasteiger partial charge on any atom is -0.455 e. The molecule has 2 nitrogen and oxygen atoms in total. The van der Waals surface area contributed by atoms with Gasteiger partial charge in [0.15, 0.2) is 0 Å². The van der Waals surface area contributed by atoms with E-state index in [1.54, 1.807) is 18.2 Å². The molecule has 0 saturated heterocycles. The van der Waals surface area contributed by atoms with Crippen LogP contribution in [0.2, 0.25) is 5.02 Å². The van der Waals surface area contributed by atoms with E-state index in [-0.39, 0.29) is 6.61 Å². The highest BCUT2D eigenvalue weighted by Crippen LogP contribution is 2.38. The van der Waals surface area contributed by atoms with Crippen LogP contribution in [-0.2, 0) is 6.61 Å². The van der Waals surface area contributed by atoms with Crippen molar-refractivity contribution in [2.24, 2.45) is 0 Å². The van der Waals surface area contributed by atoms with Crippen molar-refractivity contribution < 1.29 is 9.84 Å². The molecule has 0 amide bonds. The van der Waals surface area contributed by atoms with E-state index in [0.29, 0.717) is 16.5 Å². The summed E-state index contributed by atoms with van der Waals surface area (Å²) in [6, 6.07) is 17.2. The molecule has 1 N–H and O–H groups in total. The van der Waals surface area contributed by atoms with Crippen molar-refractivity contribution >= 4 is 38.3 Å². The Morgan fingerprint density at radius 3 is 2.52 bits per heavy atom. The molecule has 0 unspecified atom stereocenters. The Kier molecular flexibility index (Phi) is 4.15. The summed E-state index contributed by atoms with van der Waals surface area (Å²) in [4.78, 5) is 0. The molecule has 0 saturated carbocycles. The van der Waals surface area contributed by atoms with Crippen molar-refractivity contribution in [3.8, 4) is 11.5 Å². The largest absolute Gasteiger partial charge is 0.455 e. The predicted molar refractivity (Wildman–Crippen MR) is 89.1 cm³/mol. The van der Waals surface area contributed by atoms with Crippen molar-refractivity contribution in [2.75, 3.05) is 0 Å². The van der Waals surface area contributed by atoms with Crippen LogP contribution >= 0.6 is 27.5 Å². The monoisotopic (exact) mass is 362 g/mol. The van der Waals surface area contributed by atoms with Crippen LogP contribution in [0.15, 0.2) is 59.1 Å². The first-order valence-electron chi connectivity index (χ1n) is 6.43. The lowest BCUT2D eigenvalue weighted by atomic mass is 10.1. The van der Waals surface area contributed by atoms with Gasteiger partial charge in [-0.2, -0.15) is 0 Å². The van der Waals surface area contributed by atoms with Gasteiger partial charge in [0.25, 0.3) is 0 Å². The summed E-state index contributed by atoms with van der Waals surface area (Å²) in [5.74, 6) is 1.26. The number of aliphatic hydroxyl groups is 1. The molecule has 0 spiro atoms. The molecule has 106 valence electrons. The first-order valence-corrected chi connectivity index (χ1v) is 7.60. The molecule has 3 rings (SSSR count). The first-order chi connectivity index (χ1) is 10.2. The lowest BCUT2D eigenvalue weighted by Crippen LogP contribution is -1.89. The molecule has 0 aliphatic heterocycles. The van der Waals surface area contributed by atoms with E-state index in [1.807, 2.05) is 36.4 Å². The molecule has 0 atom stereocenters. The highest BCUT2D eigenvalue weighted by atomic mass is 79.9. The molecule has 3 aromatic rings. The van der Waals surface area contributed by atoms with Crippen LogP contribution in [0.1, 0.15) is 5.56 Å². The lowest BCUT2D eigenvalue weighted by Gasteiger charge is -2.12. The zero-order valence-electron chi connectivity index (χ0n) is 11.0. The Morgan fingerprint density at radius 2 is 1.76 bits per heavy atom. The van der Waals surface area contributed by atoms with Crippen LogP contribution in [-0.4, -0.2) is 5.11 Å². The summed E-state index contributed by atoms with van der Waals surface area (Å²) in [5, 5.41) is 11.8. The van der Waals surface area contributed by atoms with Crippen LogP contribution in [0, 0.1) is 0 Å². The number of benzene rings is 3. The van der Waals surface area contributed by atoms with Crippen molar-refractivity contribution in [3.05, 3.63) is 69.7 Å². The number of aliphatic hydroxyl groups excluding tert-OH is 1. The number of rotatable bonds is 3. The van der Waals surface area contributed by atoms with Crippen LogP contribution < -0.4 is 4.74 Å². The van der Waals surface area contributed by atoms with Crippen LogP contribution in [0.25, 0.3) is 10.8 Å². The second-order valence-electron chi connectivity index (χ2n) is 4.62. The molecule has 3 aromatic carbocycles. The third-order valence-corrected chi connectivity index (χ3v) is 4.34. The molecule has 0 aliphatic rings. The normalized spacial score (nSPS) is 10.8. The van der Waals surface area contributed by atoms with Gasteiger partial charge in [0.1, 0.15) is 11.5 Å². The zero-order chi connectivity index (χ0) is 14.8. The Bertz CT molecular complexity index is 802. The van der Waals surface area contributed by atoms with E-state index in [9.17, 15) is 0 Å². The lowest BCUT2D eigenvalue weighted by molar-refractivity contribution is 0.281. The molecule has 0 bridgehead atoms. The number of hydrogen-bond acceptors (Lipinski definition) is 2. The average Bonchev–Trinajstić information content (AvgIpc) is 2.52. The second-order valence-corrected chi connectivity index (χ2v) is 5.82. The van der Waals surface area contributed by atoms with E-state index >= 15 is 0 Å². The summed E-state index contributed by atoms with van der Waals surface area (Å²) in [6.45, 7) is -0.0420. The molecule has 4 heteroatoms. The zero-order valence-corrected chi connectivity index (χ0v) is 13.4. The summed E-state index contributed by atoms with van der Waals surface area (Å²) >= 11 is 9.76. The van der Waals surface area contributed by atoms with E-state index in [2.05, 4.69) is 15.9 Å². The van der Waals surface area contributed by atoms with E-state index < -0.39 is 0 Å². The fraction of sp³-hybridized carbons (Fsp3) is 0.0588. The third-order valence-electron chi connectivity index (χ3n) is 3.23. The Morgan fingerprint density at radius 1 is 1.00 bits per heavy atom. The van der Waals surface area contributed by atoms with E-state index in [0.717, 1.165) is 20.8 Å². The number of hydrogen-bond donors (Lipinski definition) is 1. The Hall–Kier alpha value is -1.55. The minimum absolute atomic E-state index is 0.0420. The van der Waals surface area contributed by atoms with Gasteiger partial charge >= 0.3 is 0 Å². The van der Waals surface area contributed by atoms with Gasteiger partial charge in [-0.3, -0.25) is 0 Å². The predicted octanol–water partition coefficient (Wildman–Crippen LogP) is 5.54. The molecule has 0 heterocycles. The molecule has 0 aliphatic carbocycles. The average molecular weight is 364 g/mol. The van der Waals surface area contributed by atoms with Crippen LogP contribution in [0.5, 0.6) is 11.5 Å². The van der Waals surface area contributed by atoms with Crippen molar-refractivity contribution in [1.82, 2.24) is 0 Å². The summed E-state index contributed by atoms with van der Waals surface area (Å²) < 4.78 is 6.78. The molecule has 0 fully saturated rings. The number of halogens is 2. The van der Waals surface area contributed by atoms with E-state index in [4.69, 9.17) is 21.4 Å². The van der Waals surface area contributed by atoms with Crippen molar-refractivity contribution in [1.29, 1.82) is 0 Å². The fourth-order valence-electron chi connectivity index (χ4n) is 2.14. The molecule has 0 radical (unpaired) electrons. The summed E-state index contributed by atoms with van der Waals surface area (Å²) in [7, 11) is 0. The maximum absolute atomic E-state index is 9.10. The number of fused-ring (bicyclic) bond motifs is 1. The highest BCUT2D eigenvalue weighted by molar-refractivity contribution is 9.10. The SMILES string of the molecule is OCc1ccc(Oc2ccc3ccccc3c2Br)c(Cl)c1. The van der Waals surface area contributed by atoms with Gasteiger partial charge in [-0.05, 0) is 50.5 Å². The molecular formula is C17H12BrClO2. The molecule has 21 heavy (non-hydrogen) atoms. The summed E-state index contributed by atoms with van der Waals surface area (Å²) in [5.41, 5.74) is 0.755. The van der Waals surface area contributed by atoms with Gasteiger partial charge in [-0.1, -0.05) is 48.0 Å². The van der Waals surface area contributed by atoms with Gasteiger partial charge in [0.05, 0.1) is 16.1 Å².